The summed E-state index contributed by atoms with van der Waals surface area (Å²) in [5.74, 6) is 2.30. The molecule has 0 saturated carbocycles. The van der Waals surface area contributed by atoms with Crippen LogP contribution >= 0.6 is 23.1 Å². The molecule has 1 aromatic carbocycles. The molecule has 0 aliphatic heterocycles. The quantitative estimate of drug-likeness (QED) is 0.511. The Labute approximate surface area is 148 Å². The maximum Gasteiger partial charge on any atom is 0.208 e. The molecule has 7 heteroatoms. The maximum atomic E-state index is 11.5. The molecule has 3 rings (SSSR count). The van der Waals surface area contributed by atoms with Gasteiger partial charge in [0, 0.05) is 28.2 Å². The number of benzene rings is 1. The zero-order valence-electron chi connectivity index (χ0n) is 13.4. The number of nitrogens with zero attached hydrogens (tertiary/aromatic N) is 2. The number of H-pyrrole nitrogens is 1. The number of ketones is 1. The highest BCUT2D eigenvalue weighted by molar-refractivity contribution is 7.98. The fraction of sp³-hybridized carbons (Fsp3) is 0.235. The predicted molar refractivity (Wildman–Crippen MR) is 96.1 cm³/mol. The molecule has 0 aliphatic rings. The van der Waals surface area contributed by atoms with Gasteiger partial charge in [-0.25, -0.2) is 4.98 Å². The van der Waals surface area contributed by atoms with Crippen molar-refractivity contribution in [1.29, 1.82) is 0 Å². The van der Waals surface area contributed by atoms with Crippen molar-refractivity contribution < 1.29 is 9.53 Å². The van der Waals surface area contributed by atoms with Crippen LogP contribution in [0.25, 0.3) is 0 Å². The molecule has 2 aromatic heterocycles. The Balaban J connectivity index is 1.68. The van der Waals surface area contributed by atoms with Gasteiger partial charge in [0.2, 0.25) is 5.16 Å². The largest absolute Gasteiger partial charge is 0.496 e. The summed E-state index contributed by atoms with van der Waals surface area (Å²) in [5, 5.41) is 9.97. The fourth-order valence-corrected chi connectivity index (χ4v) is 3.76. The molecule has 1 N–H and O–H groups in total. The second-order valence-corrected chi connectivity index (χ2v) is 7.17. The van der Waals surface area contributed by atoms with Gasteiger partial charge in [-0.2, -0.15) is 0 Å². The molecule has 0 aliphatic carbocycles. The smallest absolute Gasteiger partial charge is 0.208 e. The van der Waals surface area contributed by atoms with Crippen molar-refractivity contribution in [3.63, 3.8) is 0 Å². The molecule has 0 amide bonds. The number of carbonyl (C=O) groups excluding carboxylic acids is 1. The van der Waals surface area contributed by atoms with E-state index in [0.29, 0.717) is 16.5 Å². The minimum atomic E-state index is 0.0417. The van der Waals surface area contributed by atoms with Gasteiger partial charge in [0.05, 0.1) is 7.11 Å². The van der Waals surface area contributed by atoms with Crippen LogP contribution in [0.5, 0.6) is 5.75 Å². The summed E-state index contributed by atoms with van der Waals surface area (Å²) in [5.41, 5.74) is 1.64. The topological polar surface area (TPSA) is 67.9 Å². The maximum absolute atomic E-state index is 11.5. The van der Waals surface area contributed by atoms with E-state index in [9.17, 15) is 4.79 Å². The Bertz CT molecular complexity index is 828. The van der Waals surface area contributed by atoms with E-state index in [4.69, 9.17) is 4.74 Å². The van der Waals surface area contributed by atoms with E-state index in [0.717, 1.165) is 23.6 Å². The van der Waals surface area contributed by atoms with Gasteiger partial charge in [-0.3, -0.25) is 9.89 Å². The van der Waals surface area contributed by atoms with Crippen molar-refractivity contribution in [2.45, 2.75) is 24.3 Å². The minimum Gasteiger partial charge on any atom is -0.496 e. The summed E-state index contributed by atoms with van der Waals surface area (Å²) in [4.78, 5) is 17.3. The van der Waals surface area contributed by atoms with Crippen molar-refractivity contribution >= 4 is 28.9 Å². The second-order valence-electron chi connectivity index (χ2n) is 5.19. The van der Waals surface area contributed by atoms with Crippen molar-refractivity contribution in [3.8, 4) is 5.75 Å². The van der Waals surface area contributed by atoms with Crippen LogP contribution < -0.4 is 4.74 Å². The minimum absolute atomic E-state index is 0.0417. The van der Waals surface area contributed by atoms with Crippen LogP contribution in [-0.4, -0.2) is 28.1 Å². The summed E-state index contributed by atoms with van der Waals surface area (Å²) in [6.07, 6.45) is 0.758. The van der Waals surface area contributed by atoms with E-state index in [-0.39, 0.29) is 5.78 Å². The standard InChI is InChI=1S/C17H17N3O2S2/c1-11(21)12-5-6-15(22-2)13(8-12)10-24-17-18-16(19-20-17)9-14-4-3-7-23-14/h3-8H,9-10H2,1-2H3,(H,18,19,20). The Morgan fingerprint density at radius 2 is 2.25 bits per heavy atom. The summed E-state index contributed by atoms with van der Waals surface area (Å²) in [6.45, 7) is 1.56. The van der Waals surface area contributed by atoms with Gasteiger partial charge < -0.3 is 4.74 Å². The number of aromatic nitrogens is 3. The van der Waals surface area contributed by atoms with Gasteiger partial charge in [0.1, 0.15) is 11.6 Å². The Hall–Kier alpha value is -2.12. The number of carbonyl (C=O) groups is 1. The summed E-state index contributed by atoms with van der Waals surface area (Å²) in [6, 6.07) is 9.58. The number of methoxy groups -OCH3 is 1. The van der Waals surface area contributed by atoms with Gasteiger partial charge in [-0.1, -0.05) is 17.8 Å². The lowest BCUT2D eigenvalue weighted by Crippen LogP contribution is -1.97. The fourth-order valence-electron chi connectivity index (χ4n) is 2.25. The average Bonchev–Trinajstić information content (AvgIpc) is 3.25. The molecule has 24 heavy (non-hydrogen) atoms. The number of rotatable bonds is 7. The first kappa shape index (κ1) is 16.7. The Morgan fingerprint density at radius 1 is 1.38 bits per heavy atom. The molecule has 124 valence electrons. The van der Waals surface area contributed by atoms with Crippen LogP contribution in [0.1, 0.15) is 33.5 Å². The van der Waals surface area contributed by atoms with Crippen molar-refractivity contribution in [2.24, 2.45) is 0 Å². The third-order valence-electron chi connectivity index (χ3n) is 3.48. The number of nitrogens with one attached hydrogen (secondary N) is 1. The molecular formula is C17H17N3O2S2. The van der Waals surface area contributed by atoms with Crippen molar-refractivity contribution in [2.75, 3.05) is 7.11 Å². The lowest BCUT2D eigenvalue weighted by atomic mass is 10.1. The molecule has 0 fully saturated rings. The summed E-state index contributed by atoms with van der Waals surface area (Å²) in [7, 11) is 1.63. The molecule has 5 nitrogen and oxygen atoms in total. The van der Waals surface area contributed by atoms with Gasteiger partial charge >= 0.3 is 0 Å². The summed E-state index contributed by atoms with van der Waals surface area (Å²) >= 11 is 3.22. The molecule has 0 saturated heterocycles. The molecule has 0 unspecified atom stereocenters. The molecule has 0 atom stereocenters. The first-order valence-corrected chi connectivity index (χ1v) is 9.26. The SMILES string of the molecule is COc1ccc(C(C)=O)cc1CSc1n[nH]c(Cc2cccs2)n1. The monoisotopic (exact) mass is 359 g/mol. The highest BCUT2D eigenvalue weighted by Crippen LogP contribution is 2.27. The number of Topliss-reactive ketones (excluding diaryl/α,β-unsaturated/α-hetero) is 1. The van der Waals surface area contributed by atoms with E-state index in [1.54, 1.807) is 31.4 Å². The molecule has 0 spiro atoms. The molecular weight excluding hydrogens is 342 g/mol. The zero-order valence-corrected chi connectivity index (χ0v) is 15.0. The Kier molecular flexibility index (Phi) is 5.32. The van der Waals surface area contributed by atoms with Crippen LogP contribution in [0.15, 0.2) is 40.9 Å². The number of hydrogen-bond donors (Lipinski definition) is 1. The first-order valence-electron chi connectivity index (χ1n) is 7.40. The highest BCUT2D eigenvalue weighted by atomic mass is 32.2. The first-order chi connectivity index (χ1) is 11.7. The van der Waals surface area contributed by atoms with E-state index in [1.807, 2.05) is 18.2 Å². The lowest BCUT2D eigenvalue weighted by Gasteiger charge is -2.08. The van der Waals surface area contributed by atoms with Crippen molar-refractivity contribution in [1.82, 2.24) is 15.2 Å². The van der Waals surface area contributed by atoms with Crippen LogP contribution in [0.3, 0.4) is 0 Å². The van der Waals surface area contributed by atoms with Crippen molar-refractivity contribution in [3.05, 3.63) is 57.5 Å². The van der Waals surface area contributed by atoms with Gasteiger partial charge in [-0.05, 0) is 36.6 Å². The molecule has 2 heterocycles. The average molecular weight is 359 g/mol. The number of aromatic amines is 1. The third-order valence-corrected chi connectivity index (χ3v) is 5.25. The van der Waals surface area contributed by atoms with E-state index in [2.05, 4.69) is 26.6 Å². The molecule has 0 bridgehead atoms. The van der Waals surface area contributed by atoms with Crippen LogP contribution in [0.2, 0.25) is 0 Å². The normalized spacial score (nSPS) is 10.8. The van der Waals surface area contributed by atoms with Crippen LogP contribution in [0, 0.1) is 0 Å². The predicted octanol–water partition coefficient (Wildman–Crippen LogP) is 3.96. The van der Waals surface area contributed by atoms with E-state index in [1.165, 1.54) is 16.6 Å². The van der Waals surface area contributed by atoms with Gasteiger partial charge in [-0.15, -0.1) is 16.4 Å². The number of ether oxygens (including phenoxy) is 1. The number of thiophene rings is 1. The molecule has 0 radical (unpaired) electrons. The number of thioether (sulfide) groups is 1. The Morgan fingerprint density at radius 3 is 2.96 bits per heavy atom. The number of hydrogen-bond acceptors (Lipinski definition) is 6. The van der Waals surface area contributed by atoms with Gasteiger partial charge in [0.15, 0.2) is 5.78 Å². The lowest BCUT2D eigenvalue weighted by molar-refractivity contribution is 0.101. The van der Waals surface area contributed by atoms with Crippen LogP contribution in [0.4, 0.5) is 0 Å². The third kappa shape index (κ3) is 4.04. The second kappa shape index (κ2) is 7.63. The highest BCUT2D eigenvalue weighted by Gasteiger charge is 2.10. The van der Waals surface area contributed by atoms with Crippen LogP contribution in [-0.2, 0) is 12.2 Å². The zero-order chi connectivity index (χ0) is 16.9. The van der Waals surface area contributed by atoms with E-state index < -0.39 is 0 Å². The van der Waals surface area contributed by atoms with E-state index >= 15 is 0 Å². The van der Waals surface area contributed by atoms with Gasteiger partial charge in [0.25, 0.3) is 0 Å². The molecule has 3 aromatic rings. The summed E-state index contributed by atoms with van der Waals surface area (Å²) < 4.78 is 5.37.